The zero-order chi connectivity index (χ0) is 42.1. The van der Waals surface area contributed by atoms with E-state index in [0.717, 1.165) is 16.8 Å². The summed E-state index contributed by atoms with van der Waals surface area (Å²) in [5, 5.41) is 8.90. The third-order valence-corrected chi connectivity index (χ3v) is 11.4. The second-order valence-electron chi connectivity index (χ2n) is 16.8. The van der Waals surface area contributed by atoms with E-state index in [1.165, 1.54) is 11.8 Å². The number of carbonyl (C=O) groups is 6. The van der Waals surface area contributed by atoms with Gasteiger partial charge < -0.3 is 20.9 Å². The Bertz CT molecular complexity index is 2100. The number of Topliss-reactive ketones (excluding diaryl/α,β-unsaturated/α-hetero) is 2. The minimum atomic E-state index is -1.10. The van der Waals surface area contributed by atoms with Gasteiger partial charge in [-0.15, -0.1) is 0 Å². The number of aryl methyl sites for hydroxylation is 2. The summed E-state index contributed by atoms with van der Waals surface area (Å²) in [4.78, 5) is 99.3. The lowest BCUT2D eigenvalue weighted by Gasteiger charge is -2.35. The maximum atomic E-state index is 14.2. The standard InChI is InChI=1S/C43H55N9O6/c1-24(2)18-33(28(7)53)47-40(57)43(15-16-43)49-38(55)34-10-9-17-51(34)39(56)32(25(3)4)20-36(54)29-13-11-26(5)35(19-29)52-23-30-21-45-41(48-37(30)50(8)42(52)58)46-31-14-12-27(6)44-22-31/h11-14,19,21-22,24-25,32-34H,9-10,15-18,20,23H2,1-8H3,(H,47,57)(H,49,55)(H,45,46,48)/t32-,33-,34+/m0/s1. The molecule has 1 saturated heterocycles. The second kappa shape index (κ2) is 17.0. The van der Waals surface area contributed by atoms with Crippen molar-refractivity contribution >= 4 is 58.5 Å². The van der Waals surface area contributed by atoms with Crippen LogP contribution in [0.5, 0.6) is 0 Å². The predicted octanol–water partition coefficient (Wildman–Crippen LogP) is 5.41. The van der Waals surface area contributed by atoms with Gasteiger partial charge in [0.1, 0.15) is 17.4 Å². The quantitative estimate of drug-likeness (QED) is 0.168. The molecule has 3 atom stereocenters. The number of hydrogen-bond donors (Lipinski definition) is 3. The van der Waals surface area contributed by atoms with E-state index in [1.807, 2.05) is 53.7 Å². The van der Waals surface area contributed by atoms with Gasteiger partial charge in [-0.05, 0) is 88.5 Å². The highest BCUT2D eigenvalue weighted by atomic mass is 16.2. The molecule has 2 aliphatic heterocycles. The van der Waals surface area contributed by atoms with Crippen molar-refractivity contribution in [3.63, 3.8) is 0 Å². The first kappa shape index (κ1) is 41.9. The molecule has 6 rings (SSSR count). The van der Waals surface area contributed by atoms with E-state index < -0.39 is 29.4 Å². The number of hydrogen-bond acceptors (Lipinski definition) is 10. The summed E-state index contributed by atoms with van der Waals surface area (Å²) in [7, 11) is 1.64. The van der Waals surface area contributed by atoms with Crippen molar-refractivity contribution in [2.45, 2.75) is 111 Å². The van der Waals surface area contributed by atoms with Crippen molar-refractivity contribution in [3.8, 4) is 0 Å². The number of amides is 5. The molecule has 4 heterocycles. The summed E-state index contributed by atoms with van der Waals surface area (Å²) >= 11 is 0. The van der Waals surface area contributed by atoms with Crippen LogP contribution in [0.4, 0.5) is 27.9 Å². The van der Waals surface area contributed by atoms with E-state index in [0.29, 0.717) is 67.4 Å². The molecule has 3 N–H and O–H groups in total. The number of pyridine rings is 1. The second-order valence-corrected chi connectivity index (χ2v) is 16.8. The van der Waals surface area contributed by atoms with Crippen LogP contribution in [-0.2, 0) is 25.7 Å². The van der Waals surface area contributed by atoms with E-state index in [2.05, 4.69) is 30.9 Å². The van der Waals surface area contributed by atoms with Crippen molar-refractivity contribution in [2.75, 3.05) is 28.7 Å². The largest absolute Gasteiger partial charge is 0.344 e. The molecule has 3 aliphatic rings. The first-order chi connectivity index (χ1) is 27.5. The zero-order valence-corrected chi connectivity index (χ0v) is 34.7. The maximum Gasteiger partial charge on any atom is 0.330 e. The maximum absolute atomic E-state index is 14.2. The van der Waals surface area contributed by atoms with E-state index in [9.17, 15) is 28.8 Å². The molecule has 0 radical (unpaired) electrons. The highest BCUT2D eigenvalue weighted by Gasteiger charge is 2.53. The number of nitrogens with one attached hydrogen (secondary N) is 3. The molecule has 308 valence electrons. The van der Waals surface area contributed by atoms with Crippen LogP contribution < -0.4 is 25.8 Å². The normalized spacial score (nSPS) is 18.1. The number of urea groups is 1. The van der Waals surface area contributed by atoms with E-state index in [1.54, 1.807) is 47.4 Å². The first-order valence-corrected chi connectivity index (χ1v) is 20.2. The zero-order valence-electron chi connectivity index (χ0n) is 34.7. The minimum absolute atomic E-state index is 0.0880. The molecule has 1 aliphatic carbocycles. The van der Waals surface area contributed by atoms with Crippen LogP contribution in [0.1, 0.15) is 100 Å². The van der Waals surface area contributed by atoms with E-state index >= 15 is 0 Å². The predicted molar refractivity (Wildman–Crippen MR) is 220 cm³/mol. The number of fused-ring (bicyclic) bond motifs is 1. The molecule has 5 amide bonds. The van der Waals surface area contributed by atoms with Crippen LogP contribution in [0.2, 0.25) is 0 Å². The highest BCUT2D eigenvalue weighted by molar-refractivity contribution is 6.07. The van der Waals surface area contributed by atoms with Gasteiger partial charge >= 0.3 is 6.03 Å². The summed E-state index contributed by atoms with van der Waals surface area (Å²) in [6.07, 6.45) is 5.71. The number of ketones is 2. The molecule has 0 spiro atoms. The van der Waals surface area contributed by atoms with Gasteiger partial charge in [0.2, 0.25) is 23.7 Å². The van der Waals surface area contributed by atoms with Gasteiger partial charge in [-0.2, -0.15) is 4.98 Å². The van der Waals surface area contributed by atoms with E-state index in [4.69, 9.17) is 0 Å². The highest BCUT2D eigenvalue weighted by Crippen LogP contribution is 2.37. The van der Waals surface area contributed by atoms with Crippen molar-refractivity contribution in [3.05, 3.63) is 65.1 Å². The lowest BCUT2D eigenvalue weighted by molar-refractivity contribution is -0.143. The molecule has 2 aromatic heterocycles. The number of carbonyl (C=O) groups excluding carboxylic acids is 6. The van der Waals surface area contributed by atoms with Crippen LogP contribution in [0.3, 0.4) is 0 Å². The van der Waals surface area contributed by atoms with Gasteiger partial charge in [-0.3, -0.25) is 38.8 Å². The van der Waals surface area contributed by atoms with Gasteiger partial charge in [0, 0.05) is 54.6 Å². The Balaban J connectivity index is 1.13. The number of benzene rings is 1. The summed E-state index contributed by atoms with van der Waals surface area (Å²) in [6.45, 7) is 13.5. The Kier molecular flexibility index (Phi) is 12.3. The average Bonchev–Trinajstić information content (AvgIpc) is 3.79. The summed E-state index contributed by atoms with van der Waals surface area (Å²) < 4.78 is 0. The number of rotatable bonds is 15. The lowest BCUT2D eigenvalue weighted by atomic mass is 9.87. The van der Waals surface area contributed by atoms with E-state index in [-0.39, 0.29) is 54.2 Å². The van der Waals surface area contributed by atoms with Crippen molar-refractivity contribution in [2.24, 2.45) is 17.8 Å². The van der Waals surface area contributed by atoms with Gasteiger partial charge in [0.15, 0.2) is 11.6 Å². The first-order valence-electron chi connectivity index (χ1n) is 20.2. The van der Waals surface area contributed by atoms with Gasteiger partial charge in [-0.25, -0.2) is 9.78 Å². The summed E-state index contributed by atoms with van der Waals surface area (Å²) in [5.74, 6) is -1.40. The smallest absolute Gasteiger partial charge is 0.330 e. The molecule has 1 saturated carbocycles. The molecule has 0 unspecified atom stereocenters. The Morgan fingerprint density at radius 1 is 0.983 bits per heavy atom. The molecule has 15 nitrogen and oxygen atoms in total. The van der Waals surface area contributed by atoms with Crippen LogP contribution in [0.15, 0.2) is 42.7 Å². The topological polar surface area (TPSA) is 187 Å². The fourth-order valence-electron chi connectivity index (χ4n) is 7.69. The summed E-state index contributed by atoms with van der Waals surface area (Å²) in [6, 6.07) is 7.21. The summed E-state index contributed by atoms with van der Waals surface area (Å²) in [5.41, 5.74) is 2.92. The molecule has 3 aromatic rings. The fraction of sp³-hybridized carbons (Fsp3) is 0.512. The molecular weight excluding hydrogens is 739 g/mol. The monoisotopic (exact) mass is 793 g/mol. The third kappa shape index (κ3) is 9.03. The Morgan fingerprint density at radius 2 is 1.72 bits per heavy atom. The Labute approximate surface area is 339 Å². The molecule has 2 fully saturated rings. The Hall–Kier alpha value is -5.73. The number of nitrogens with zero attached hydrogens (tertiary/aromatic N) is 6. The number of aromatic nitrogens is 3. The van der Waals surface area contributed by atoms with Crippen LogP contribution in [0, 0.1) is 31.6 Å². The lowest BCUT2D eigenvalue weighted by Crippen LogP contribution is -2.57. The van der Waals surface area contributed by atoms with Crippen molar-refractivity contribution < 1.29 is 28.8 Å². The minimum Gasteiger partial charge on any atom is -0.344 e. The molecule has 58 heavy (non-hydrogen) atoms. The molecule has 15 heteroatoms. The van der Waals surface area contributed by atoms with Crippen LogP contribution in [-0.4, -0.2) is 86.4 Å². The van der Waals surface area contributed by atoms with Gasteiger partial charge in [0.05, 0.1) is 24.5 Å². The number of likely N-dealkylation sites (tertiary alicyclic amines) is 1. The van der Waals surface area contributed by atoms with Crippen molar-refractivity contribution in [1.82, 2.24) is 30.5 Å². The SMILES string of the molecule is CC(=O)[C@H](CC(C)C)NC(=O)C1(NC(=O)[C@H]2CCCN2C(=O)[C@@H](CC(=O)c2ccc(C)c(N3Cc4cnc(Nc5ccc(C)nc5)nc4N(C)C3=O)c2)C(C)C)CC1. The molecular formula is C43H55N9O6. The van der Waals surface area contributed by atoms with Crippen LogP contribution in [0.25, 0.3) is 0 Å². The molecule has 0 bridgehead atoms. The average molecular weight is 794 g/mol. The third-order valence-electron chi connectivity index (χ3n) is 11.4. The Morgan fingerprint density at radius 3 is 2.36 bits per heavy atom. The van der Waals surface area contributed by atoms with Gasteiger partial charge in [0.25, 0.3) is 0 Å². The number of anilines is 4. The molecule has 1 aromatic carbocycles. The fourth-order valence-corrected chi connectivity index (χ4v) is 7.69. The van der Waals surface area contributed by atoms with Gasteiger partial charge in [-0.1, -0.05) is 39.8 Å². The van der Waals surface area contributed by atoms with Crippen molar-refractivity contribution in [1.29, 1.82) is 0 Å². The van der Waals surface area contributed by atoms with Crippen LogP contribution >= 0.6 is 0 Å².